The lowest BCUT2D eigenvalue weighted by atomic mass is 10.1. The van der Waals surface area contributed by atoms with Crippen LogP contribution in [0.3, 0.4) is 0 Å². The van der Waals surface area contributed by atoms with Gasteiger partial charge in [-0.25, -0.2) is 9.59 Å². The van der Waals surface area contributed by atoms with Gasteiger partial charge in [-0.3, -0.25) is 15.1 Å². The highest BCUT2D eigenvalue weighted by atomic mass is 16.6. The molecule has 0 atom stereocenters. The average molecular weight is 390 g/mol. The molecule has 0 aromatic heterocycles. The van der Waals surface area contributed by atoms with Crippen LogP contribution >= 0.6 is 0 Å². The predicted molar refractivity (Wildman–Crippen MR) is 106 cm³/mol. The molecule has 1 saturated heterocycles. The molecule has 0 radical (unpaired) electrons. The number of rotatable bonds is 3. The smallest absolute Gasteiger partial charge is 0.414 e. The van der Waals surface area contributed by atoms with Gasteiger partial charge in [0, 0.05) is 20.0 Å². The zero-order valence-corrected chi connectivity index (χ0v) is 16.8. The first-order valence-electron chi connectivity index (χ1n) is 8.91. The SMILES string of the molecule is CN=C(NC(=O)OC(C)(C)C)Nc1cc(C(=O)OC)ccc1N1CCCC1=O. The zero-order chi connectivity index (χ0) is 20.9. The second-order valence-corrected chi connectivity index (χ2v) is 7.20. The molecule has 0 unspecified atom stereocenters. The molecule has 2 rings (SSSR count). The third-order valence-corrected chi connectivity index (χ3v) is 3.88. The van der Waals surface area contributed by atoms with Gasteiger partial charge in [0.25, 0.3) is 0 Å². The summed E-state index contributed by atoms with van der Waals surface area (Å²) < 4.78 is 9.99. The van der Waals surface area contributed by atoms with E-state index in [1.54, 1.807) is 43.9 Å². The van der Waals surface area contributed by atoms with Crippen molar-refractivity contribution in [3.8, 4) is 0 Å². The van der Waals surface area contributed by atoms with Gasteiger partial charge in [-0.1, -0.05) is 0 Å². The van der Waals surface area contributed by atoms with E-state index >= 15 is 0 Å². The van der Waals surface area contributed by atoms with Crippen molar-refractivity contribution < 1.29 is 23.9 Å². The summed E-state index contributed by atoms with van der Waals surface area (Å²) in [5, 5.41) is 5.49. The molecule has 0 saturated carbocycles. The molecular weight excluding hydrogens is 364 g/mol. The molecule has 2 amide bonds. The van der Waals surface area contributed by atoms with Crippen LogP contribution in [0.25, 0.3) is 0 Å². The summed E-state index contributed by atoms with van der Waals surface area (Å²) in [6.07, 6.45) is 0.536. The number of hydrogen-bond acceptors (Lipinski definition) is 6. The summed E-state index contributed by atoms with van der Waals surface area (Å²) in [5.41, 5.74) is 0.658. The molecule has 2 N–H and O–H groups in total. The summed E-state index contributed by atoms with van der Waals surface area (Å²) in [4.78, 5) is 41.8. The third kappa shape index (κ3) is 5.45. The van der Waals surface area contributed by atoms with Gasteiger partial charge < -0.3 is 19.7 Å². The maximum absolute atomic E-state index is 12.2. The number of anilines is 2. The fourth-order valence-corrected chi connectivity index (χ4v) is 2.69. The largest absolute Gasteiger partial charge is 0.465 e. The van der Waals surface area contributed by atoms with Gasteiger partial charge in [-0.05, 0) is 45.4 Å². The van der Waals surface area contributed by atoms with Crippen molar-refractivity contribution in [3.05, 3.63) is 23.8 Å². The Morgan fingerprint density at radius 3 is 2.50 bits per heavy atom. The minimum atomic E-state index is -0.677. The highest BCUT2D eigenvalue weighted by molar-refractivity contribution is 6.07. The Morgan fingerprint density at radius 1 is 1.25 bits per heavy atom. The van der Waals surface area contributed by atoms with E-state index in [1.807, 2.05) is 0 Å². The fourth-order valence-electron chi connectivity index (χ4n) is 2.69. The number of amides is 2. The molecule has 0 bridgehead atoms. The second-order valence-electron chi connectivity index (χ2n) is 7.20. The van der Waals surface area contributed by atoms with E-state index in [4.69, 9.17) is 9.47 Å². The van der Waals surface area contributed by atoms with E-state index < -0.39 is 17.7 Å². The number of aliphatic imine (C=N–C) groups is 1. The van der Waals surface area contributed by atoms with Gasteiger partial charge in [-0.2, -0.15) is 0 Å². The van der Waals surface area contributed by atoms with Crippen LogP contribution in [0.1, 0.15) is 44.0 Å². The summed E-state index contributed by atoms with van der Waals surface area (Å²) in [7, 11) is 2.78. The van der Waals surface area contributed by atoms with E-state index in [0.717, 1.165) is 6.42 Å². The number of carbonyl (C=O) groups excluding carboxylic acids is 3. The molecule has 28 heavy (non-hydrogen) atoms. The van der Waals surface area contributed by atoms with Gasteiger partial charge in [0.15, 0.2) is 0 Å². The quantitative estimate of drug-likeness (QED) is 0.466. The Labute approximate surface area is 164 Å². The normalized spacial score (nSPS) is 14.7. The number of alkyl carbamates (subject to hydrolysis) is 1. The lowest BCUT2D eigenvalue weighted by molar-refractivity contribution is -0.117. The molecule has 1 heterocycles. The molecule has 9 heteroatoms. The lowest BCUT2D eigenvalue weighted by Gasteiger charge is -2.23. The Bertz CT molecular complexity index is 798. The number of guanidine groups is 1. The Balaban J connectivity index is 2.30. The first kappa shape index (κ1) is 21.2. The molecular formula is C19H26N4O5. The van der Waals surface area contributed by atoms with Crippen molar-refractivity contribution in [2.45, 2.75) is 39.2 Å². The molecule has 1 aromatic carbocycles. The van der Waals surface area contributed by atoms with Crippen LogP contribution in [0.4, 0.5) is 16.2 Å². The van der Waals surface area contributed by atoms with E-state index in [-0.39, 0.29) is 11.9 Å². The van der Waals surface area contributed by atoms with Crippen LogP contribution in [0.15, 0.2) is 23.2 Å². The molecule has 9 nitrogen and oxygen atoms in total. The van der Waals surface area contributed by atoms with Crippen LogP contribution < -0.4 is 15.5 Å². The topological polar surface area (TPSA) is 109 Å². The van der Waals surface area contributed by atoms with E-state index in [9.17, 15) is 14.4 Å². The van der Waals surface area contributed by atoms with Crippen molar-refractivity contribution in [2.24, 2.45) is 4.99 Å². The molecule has 1 aromatic rings. The van der Waals surface area contributed by atoms with E-state index in [0.29, 0.717) is 29.9 Å². The van der Waals surface area contributed by atoms with E-state index in [2.05, 4.69) is 15.6 Å². The molecule has 152 valence electrons. The van der Waals surface area contributed by atoms with Crippen molar-refractivity contribution in [1.29, 1.82) is 0 Å². The maximum atomic E-state index is 12.2. The van der Waals surface area contributed by atoms with E-state index in [1.165, 1.54) is 14.2 Å². The number of carbonyl (C=O) groups is 3. The van der Waals surface area contributed by atoms with Crippen LogP contribution in [0, 0.1) is 0 Å². The van der Waals surface area contributed by atoms with Crippen molar-refractivity contribution >= 4 is 35.3 Å². The van der Waals surface area contributed by atoms with Gasteiger partial charge in [0.05, 0.1) is 24.0 Å². The van der Waals surface area contributed by atoms with Crippen LogP contribution in [0.2, 0.25) is 0 Å². The van der Waals surface area contributed by atoms with Gasteiger partial charge in [0.1, 0.15) is 5.60 Å². The Morgan fingerprint density at radius 2 is 1.96 bits per heavy atom. The molecule has 0 spiro atoms. The molecule has 1 fully saturated rings. The molecule has 0 aliphatic carbocycles. The van der Waals surface area contributed by atoms with Gasteiger partial charge in [-0.15, -0.1) is 0 Å². The first-order valence-corrected chi connectivity index (χ1v) is 8.91. The van der Waals surface area contributed by atoms with Crippen LogP contribution in [0.5, 0.6) is 0 Å². The van der Waals surface area contributed by atoms with Crippen LogP contribution in [-0.4, -0.2) is 50.2 Å². The number of hydrogen-bond donors (Lipinski definition) is 2. The number of ether oxygens (including phenoxy) is 2. The Kier molecular flexibility index (Phi) is 6.61. The Hall–Kier alpha value is -3.10. The highest BCUT2D eigenvalue weighted by Crippen LogP contribution is 2.31. The number of esters is 1. The number of benzene rings is 1. The van der Waals surface area contributed by atoms with Crippen molar-refractivity contribution in [2.75, 3.05) is 30.9 Å². The average Bonchev–Trinajstić information content (AvgIpc) is 3.04. The monoisotopic (exact) mass is 390 g/mol. The molecule has 1 aliphatic rings. The number of nitrogens with one attached hydrogen (secondary N) is 2. The van der Waals surface area contributed by atoms with Gasteiger partial charge >= 0.3 is 12.1 Å². The second kappa shape index (κ2) is 8.73. The number of methoxy groups -OCH3 is 1. The minimum Gasteiger partial charge on any atom is -0.465 e. The summed E-state index contributed by atoms with van der Waals surface area (Å²) in [6.45, 7) is 5.82. The maximum Gasteiger partial charge on any atom is 0.414 e. The minimum absolute atomic E-state index is 0.0102. The highest BCUT2D eigenvalue weighted by Gasteiger charge is 2.25. The summed E-state index contributed by atoms with van der Waals surface area (Å²) >= 11 is 0. The summed E-state index contributed by atoms with van der Waals surface area (Å²) in [5.74, 6) is -0.412. The van der Waals surface area contributed by atoms with Crippen molar-refractivity contribution in [1.82, 2.24) is 5.32 Å². The van der Waals surface area contributed by atoms with Gasteiger partial charge in [0.2, 0.25) is 11.9 Å². The zero-order valence-electron chi connectivity index (χ0n) is 16.8. The first-order chi connectivity index (χ1) is 13.1. The predicted octanol–water partition coefficient (Wildman–Crippen LogP) is 2.52. The standard InChI is InChI=1S/C19H26N4O5/c1-19(2,3)28-18(26)22-17(20-4)21-13-11-12(16(25)27-5)8-9-14(13)23-10-6-7-15(23)24/h8-9,11H,6-7,10H2,1-5H3,(H2,20,21,22,26). The summed E-state index contributed by atoms with van der Waals surface area (Å²) in [6, 6.07) is 4.80. The van der Waals surface area contributed by atoms with Crippen LogP contribution in [-0.2, 0) is 14.3 Å². The number of nitrogens with zero attached hydrogens (tertiary/aromatic N) is 2. The molecule has 1 aliphatic heterocycles. The van der Waals surface area contributed by atoms with Crippen molar-refractivity contribution in [3.63, 3.8) is 0 Å². The fraction of sp³-hybridized carbons (Fsp3) is 0.474. The third-order valence-electron chi connectivity index (χ3n) is 3.88. The lowest BCUT2D eigenvalue weighted by Crippen LogP contribution is -2.40.